The van der Waals surface area contributed by atoms with Gasteiger partial charge in [0.05, 0.1) is 17.7 Å². The summed E-state index contributed by atoms with van der Waals surface area (Å²) in [5.74, 6) is -0.334. The van der Waals surface area contributed by atoms with Gasteiger partial charge in [0.25, 0.3) is 5.56 Å². The van der Waals surface area contributed by atoms with Crippen molar-refractivity contribution in [3.63, 3.8) is 0 Å². The first-order chi connectivity index (χ1) is 14.3. The molecule has 0 fully saturated rings. The molecule has 10 nitrogen and oxygen atoms in total. The van der Waals surface area contributed by atoms with Crippen molar-refractivity contribution in [2.24, 2.45) is 14.1 Å². The second kappa shape index (κ2) is 8.76. The Labute approximate surface area is 172 Å². The molecule has 0 atom stereocenters. The van der Waals surface area contributed by atoms with Gasteiger partial charge >= 0.3 is 5.69 Å². The molecule has 2 heterocycles. The number of carbonyl (C=O) groups is 2. The zero-order valence-corrected chi connectivity index (χ0v) is 17.2. The van der Waals surface area contributed by atoms with E-state index in [0.717, 1.165) is 16.5 Å². The Morgan fingerprint density at radius 3 is 2.67 bits per heavy atom. The van der Waals surface area contributed by atoms with Crippen molar-refractivity contribution in [1.82, 2.24) is 18.7 Å². The minimum Gasteiger partial charge on any atom is -0.373 e. The number of carbonyl (C=O) groups excluding carboxylic acids is 2. The lowest BCUT2D eigenvalue weighted by Crippen LogP contribution is -2.37. The molecular weight excluding hydrogens is 388 g/mol. The van der Waals surface area contributed by atoms with Gasteiger partial charge in [-0.2, -0.15) is 0 Å². The van der Waals surface area contributed by atoms with Gasteiger partial charge in [0.1, 0.15) is 12.8 Å². The van der Waals surface area contributed by atoms with Crippen LogP contribution in [-0.2, 0) is 30.2 Å². The number of hydrogen-bond donors (Lipinski definition) is 1. The summed E-state index contributed by atoms with van der Waals surface area (Å²) in [6, 6.07) is 7.36. The summed E-state index contributed by atoms with van der Waals surface area (Å²) in [4.78, 5) is 53.9. The van der Waals surface area contributed by atoms with E-state index in [9.17, 15) is 19.2 Å². The lowest BCUT2D eigenvalue weighted by atomic mass is 10.2. The summed E-state index contributed by atoms with van der Waals surface area (Å²) in [5.41, 5.74) is 0.883. The number of anilines is 2. The number of nitrogens with one attached hydrogen (secondary N) is 1. The van der Waals surface area contributed by atoms with E-state index in [1.807, 2.05) is 30.1 Å². The summed E-state index contributed by atoms with van der Waals surface area (Å²) >= 11 is 0. The zero-order chi connectivity index (χ0) is 21.8. The molecule has 1 N–H and O–H groups in total. The third-order valence-electron chi connectivity index (χ3n) is 4.94. The number of aryl methyl sites for hydroxylation is 1. The number of amides is 1. The molecule has 0 radical (unpaired) electrons. The fourth-order valence-corrected chi connectivity index (χ4v) is 3.31. The highest BCUT2D eigenvalue weighted by molar-refractivity contribution is 5.94. The number of imidazole rings is 1. The molecule has 0 unspecified atom stereocenters. The molecule has 2 aromatic heterocycles. The quantitative estimate of drug-likeness (QED) is 0.426. The van der Waals surface area contributed by atoms with Crippen LogP contribution in [0.15, 0.2) is 40.2 Å². The minimum absolute atomic E-state index is 0.132. The van der Waals surface area contributed by atoms with Gasteiger partial charge in [-0.1, -0.05) is 12.1 Å². The van der Waals surface area contributed by atoms with Crippen molar-refractivity contribution in [1.29, 1.82) is 0 Å². The number of para-hydroxylation sites is 2. The molecule has 158 valence electrons. The number of unbranched alkanes of at least 4 members (excludes halogenated alkanes) is 1. The maximum absolute atomic E-state index is 12.7. The molecule has 3 rings (SSSR count). The second-order valence-corrected chi connectivity index (χ2v) is 7.05. The van der Waals surface area contributed by atoms with Gasteiger partial charge < -0.3 is 19.6 Å². The molecule has 0 aliphatic heterocycles. The predicted octanol–water partition coefficient (Wildman–Crippen LogP) is 0.488. The largest absolute Gasteiger partial charge is 0.373 e. The van der Waals surface area contributed by atoms with E-state index >= 15 is 0 Å². The third kappa shape index (κ3) is 4.02. The number of fused-ring (bicyclic) bond motifs is 1. The summed E-state index contributed by atoms with van der Waals surface area (Å²) < 4.78 is 3.69. The maximum Gasteiger partial charge on any atom is 0.332 e. The van der Waals surface area contributed by atoms with Crippen LogP contribution in [0.1, 0.15) is 12.8 Å². The number of benzene rings is 1. The number of rotatable bonds is 8. The van der Waals surface area contributed by atoms with Crippen LogP contribution in [0.25, 0.3) is 11.2 Å². The van der Waals surface area contributed by atoms with Crippen LogP contribution < -0.4 is 21.5 Å². The average Bonchev–Trinajstić information content (AvgIpc) is 3.14. The molecule has 30 heavy (non-hydrogen) atoms. The lowest BCUT2D eigenvalue weighted by molar-refractivity contribution is -0.116. The van der Waals surface area contributed by atoms with Crippen LogP contribution >= 0.6 is 0 Å². The van der Waals surface area contributed by atoms with Gasteiger partial charge in [0, 0.05) is 34.1 Å². The van der Waals surface area contributed by atoms with Crippen molar-refractivity contribution >= 4 is 34.7 Å². The van der Waals surface area contributed by atoms with E-state index in [4.69, 9.17) is 0 Å². The number of aldehydes is 1. The number of hydrogen-bond acceptors (Lipinski definition) is 6. The van der Waals surface area contributed by atoms with E-state index in [0.29, 0.717) is 25.1 Å². The Morgan fingerprint density at radius 2 is 1.93 bits per heavy atom. The van der Waals surface area contributed by atoms with Crippen molar-refractivity contribution < 1.29 is 9.59 Å². The predicted molar refractivity (Wildman–Crippen MR) is 114 cm³/mol. The third-order valence-corrected chi connectivity index (χ3v) is 4.94. The summed E-state index contributed by atoms with van der Waals surface area (Å²) in [5, 5.41) is 2.87. The Morgan fingerprint density at radius 1 is 1.20 bits per heavy atom. The molecule has 0 aliphatic rings. The van der Waals surface area contributed by atoms with Crippen molar-refractivity contribution in [2.45, 2.75) is 19.4 Å². The first kappa shape index (κ1) is 21.0. The molecular formula is C20H24N6O4. The van der Waals surface area contributed by atoms with E-state index in [1.165, 1.54) is 29.6 Å². The van der Waals surface area contributed by atoms with Crippen LogP contribution in [0.4, 0.5) is 11.4 Å². The Hall–Kier alpha value is -3.69. The Balaban J connectivity index is 1.83. The minimum atomic E-state index is -0.506. The second-order valence-electron chi connectivity index (χ2n) is 7.05. The lowest BCUT2D eigenvalue weighted by Gasteiger charge is -2.22. The fourth-order valence-electron chi connectivity index (χ4n) is 3.31. The van der Waals surface area contributed by atoms with Crippen LogP contribution in [0.3, 0.4) is 0 Å². The Bertz CT molecular complexity index is 1210. The first-order valence-electron chi connectivity index (χ1n) is 9.49. The number of nitrogens with zero attached hydrogens (tertiary/aromatic N) is 5. The van der Waals surface area contributed by atoms with E-state index in [2.05, 4.69) is 10.3 Å². The van der Waals surface area contributed by atoms with Crippen LogP contribution in [0.5, 0.6) is 0 Å². The van der Waals surface area contributed by atoms with Gasteiger partial charge in [0.15, 0.2) is 11.2 Å². The molecule has 1 aromatic carbocycles. The smallest absolute Gasteiger partial charge is 0.332 e. The topological polar surface area (TPSA) is 111 Å². The normalized spacial score (nSPS) is 10.9. The molecule has 0 spiro atoms. The van der Waals surface area contributed by atoms with Crippen LogP contribution in [-0.4, -0.2) is 44.5 Å². The fraction of sp³-hybridized carbons (Fsp3) is 0.350. The molecule has 0 aliphatic carbocycles. The monoisotopic (exact) mass is 412 g/mol. The van der Waals surface area contributed by atoms with Gasteiger partial charge in [-0.25, -0.2) is 9.78 Å². The SMILES string of the molecule is CN(CCCC=O)c1ccccc1NC(=O)Cn1cnc2c1c(=O)n(C)c(=O)n2C. The van der Waals surface area contributed by atoms with E-state index in [1.54, 1.807) is 6.07 Å². The van der Waals surface area contributed by atoms with E-state index < -0.39 is 11.2 Å². The van der Waals surface area contributed by atoms with Crippen molar-refractivity contribution in [2.75, 3.05) is 23.8 Å². The summed E-state index contributed by atoms with van der Waals surface area (Å²) in [7, 11) is 4.81. The van der Waals surface area contributed by atoms with Gasteiger partial charge in [0.2, 0.25) is 5.91 Å². The molecule has 0 bridgehead atoms. The van der Waals surface area contributed by atoms with Crippen LogP contribution in [0.2, 0.25) is 0 Å². The summed E-state index contributed by atoms with van der Waals surface area (Å²) in [6.07, 6.45) is 3.45. The Kier molecular flexibility index (Phi) is 6.14. The molecule has 0 saturated heterocycles. The highest BCUT2D eigenvalue weighted by Gasteiger charge is 2.17. The van der Waals surface area contributed by atoms with E-state index in [-0.39, 0.29) is 23.6 Å². The van der Waals surface area contributed by atoms with Crippen molar-refractivity contribution in [3.8, 4) is 0 Å². The van der Waals surface area contributed by atoms with Crippen molar-refractivity contribution in [3.05, 3.63) is 51.4 Å². The van der Waals surface area contributed by atoms with Gasteiger partial charge in [-0.15, -0.1) is 0 Å². The average molecular weight is 412 g/mol. The molecule has 0 saturated carbocycles. The molecule has 3 aromatic rings. The zero-order valence-electron chi connectivity index (χ0n) is 17.2. The van der Waals surface area contributed by atoms with Gasteiger partial charge in [-0.3, -0.25) is 18.7 Å². The maximum atomic E-state index is 12.7. The first-order valence-corrected chi connectivity index (χ1v) is 9.49. The van der Waals surface area contributed by atoms with Crippen LogP contribution in [0, 0.1) is 0 Å². The molecule has 1 amide bonds. The highest BCUT2D eigenvalue weighted by Crippen LogP contribution is 2.25. The van der Waals surface area contributed by atoms with Gasteiger partial charge in [-0.05, 0) is 18.6 Å². The number of aromatic nitrogens is 4. The summed E-state index contributed by atoms with van der Waals surface area (Å²) in [6.45, 7) is 0.537. The standard InChI is InChI=1S/C20H24N6O4/c1-23(10-6-7-11-27)15-9-5-4-8-14(15)22-16(28)12-26-13-21-18-17(26)19(29)25(3)20(30)24(18)2/h4-5,8-9,11,13H,6-7,10,12H2,1-3H3,(H,22,28). The molecule has 10 heteroatoms. The highest BCUT2D eigenvalue weighted by atomic mass is 16.2.